The maximum atomic E-state index is 11.4. The fourth-order valence-corrected chi connectivity index (χ4v) is 3.02. The van der Waals surface area contributed by atoms with Crippen molar-refractivity contribution in [2.75, 3.05) is 33.7 Å². The molecule has 0 aromatic carbocycles. The summed E-state index contributed by atoms with van der Waals surface area (Å²) in [4.78, 5) is 16.1. The summed E-state index contributed by atoms with van der Waals surface area (Å²) in [5.41, 5.74) is -0.0451. The van der Waals surface area contributed by atoms with Crippen LogP contribution in [0.3, 0.4) is 0 Å². The fourth-order valence-electron chi connectivity index (χ4n) is 3.02. The summed E-state index contributed by atoms with van der Waals surface area (Å²) in [5.74, 6) is 0. The first-order valence-corrected chi connectivity index (χ1v) is 6.88. The number of hydrogen-bond donors (Lipinski definition) is 0. The molecule has 0 heterocycles. The zero-order valence-corrected chi connectivity index (χ0v) is 11.9. The van der Waals surface area contributed by atoms with E-state index in [4.69, 9.17) is 0 Å². The minimum atomic E-state index is -0.0451. The molecule has 17 heavy (non-hydrogen) atoms. The quantitative estimate of drug-likeness (QED) is 0.636. The Balaban J connectivity index is 2.58. The van der Waals surface area contributed by atoms with Gasteiger partial charge in [-0.2, -0.15) is 0 Å². The van der Waals surface area contributed by atoms with Crippen LogP contribution in [0.4, 0.5) is 0 Å². The summed E-state index contributed by atoms with van der Waals surface area (Å²) in [7, 11) is 4.21. The first kappa shape index (κ1) is 14.7. The van der Waals surface area contributed by atoms with E-state index in [9.17, 15) is 4.79 Å². The molecule has 1 aliphatic carbocycles. The Bertz CT molecular complexity index is 234. The Kier molecular flexibility index (Phi) is 5.60. The van der Waals surface area contributed by atoms with Crippen LogP contribution in [0.5, 0.6) is 0 Å². The van der Waals surface area contributed by atoms with Crippen molar-refractivity contribution in [1.82, 2.24) is 9.80 Å². The Morgan fingerprint density at radius 2 is 1.88 bits per heavy atom. The number of likely N-dealkylation sites (N-methyl/N-ethyl adjacent to an activating group) is 2. The van der Waals surface area contributed by atoms with E-state index in [0.717, 1.165) is 32.5 Å². The van der Waals surface area contributed by atoms with Gasteiger partial charge >= 0.3 is 0 Å². The standard InChI is InChI=1S/C14H28N2O/c1-5-16(13(2)10-15(3)4)11-14(12-17)8-6-7-9-14/h12-13H,5-11H2,1-4H3. The van der Waals surface area contributed by atoms with Crippen LogP contribution < -0.4 is 0 Å². The summed E-state index contributed by atoms with van der Waals surface area (Å²) >= 11 is 0. The molecule has 3 heteroatoms. The van der Waals surface area contributed by atoms with Crippen molar-refractivity contribution in [3.63, 3.8) is 0 Å². The molecule has 0 saturated heterocycles. The van der Waals surface area contributed by atoms with Crippen LogP contribution in [0.2, 0.25) is 0 Å². The van der Waals surface area contributed by atoms with Crippen LogP contribution in [0.15, 0.2) is 0 Å². The van der Waals surface area contributed by atoms with Crippen LogP contribution in [-0.4, -0.2) is 55.9 Å². The van der Waals surface area contributed by atoms with Crippen LogP contribution >= 0.6 is 0 Å². The smallest absolute Gasteiger partial charge is 0.127 e. The Labute approximate surface area is 106 Å². The molecule has 0 N–H and O–H groups in total. The molecule has 0 aromatic heterocycles. The predicted molar refractivity (Wildman–Crippen MR) is 72.2 cm³/mol. The van der Waals surface area contributed by atoms with Crippen LogP contribution in [0.1, 0.15) is 39.5 Å². The molecular weight excluding hydrogens is 212 g/mol. The van der Waals surface area contributed by atoms with Gasteiger partial charge in [-0.15, -0.1) is 0 Å². The van der Waals surface area contributed by atoms with Crippen molar-refractivity contribution >= 4 is 6.29 Å². The lowest BCUT2D eigenvalue weighted by Gasteiger charge is -2.35. The van der Waals surface area contributed by atoms with Crippen molar-refractivity contribution in [2.45, 2.75) is 45.6 Å². The van der Waals surface area contributed by atoms with Crippen LogP contribution in [-0.2, 0) is 4.79 Å². The predicted octanol–water partition coefficient (Wildman–Crippen LogP) is 2.02. The van der Waals surface area contributed by atoms with Crippen LogP contribution in [0.25, 0.3) is 0 Å². The molecule has 0 aromatic rings. The third-order valence-electron chi connectivity index (χ3n) is 4.03. The first-order valence-electron chi connectivity index (χ1n) is 6.88. The van der Waals surface area contributed by atoms with Crippen molar-refractivity contribution in [3.8, 4) is 0 Å². The summed E-state index contributed by atoms with van der Waals surface area (Å²) in [6.07, 6.45) is 5.84. The second kappa shape index (κ2) is 6.50. The molecule has 1 rings (SSSR count). The van der Waals surface area contributed by atoms with E-state index in [1.807, 2.05) is 0 Å². The summed E-state index contributed by atoms with van der Waals surface area (Å²) < 4.78 is 0. The summed E-state index contributed by atoms with van der Waals surface area (Å²) in [5, 5.41) is 0. The fraction of sp³-hybridized carbons (Fsp3) is 0.929. The van der Waals surface area contributed by atoms with Gasteiger partial charge in [-0.1, -0.05) is 19.8 Å². The third-order valence-corrected chi connectivity index (χ3v) is 4.03. The Morgan fingerprint density at radius 1 is 1.29 bits per heavy atom. The highest BCUT2D eigenvalue weighted by atomic mass is 16.1. The molecule has 0 bridgehead atoms. The summed E-state index contributed by atoms with van der Waals surface area (Å²) in [6.45, 7) is 7.49. The molecule has 1 saturated carbocycles. The largest absolute Gasteiger partial charge is 0.308 e. The van der Waals surface area contributed by atoms with E-state index in [1.165, 1.54) is 19.1 Å². The topological polar surface area (TPSA) is 23.6 Å². The summed E-state index contributed by atoms with van der Waals surface area (Å²) in [6, 6.07) is 0.521. The molecular formula is C14H28N2O. The van der Waals surface area contributed by atoms with E-state index in [0.29, 0.717) is 6.04 Å². The normalized spacial score (nSPS) is 21.1. The number of rotatable bonds is 7. The molecule has 1 fully saturated rings. The van der Waals surface area contributed by atoms with Gasteiger partial charge in [-0.05, 0) is 40.4 Å². The SMILES string of the molecule is CCN(CC1(C=O)CCCC1)C(C)CN(C)C. The first-order chi connectivity index (χ1) is 8.03. The van der Waals surface area contributed by atoms with Gasteiger partial charge in [-0.3, -0.25) is 4.90 Å². The maximum absolute atomic E-state index is 11.4. The molecule has 0 spiro atoms. The van der Waals surface area contributed by atoms with E-state index >= 15 is 0 Å². The second-order valence-corrected chi connectivity index (χ2v) is 5.86. The van der Waals surface area contributed by atoms with Crippen LogP contribution in [0, 0.1) is 5.41 Å². The second-order valence-electron chi connectivity index (χ2n) is 5.86. The molecule has 3 nitrogen and oxygen atoms in total. The van der Waals surface area contributed by atoms with Gasteiger partial charge in [0, 0.05) is 24.5 Å². The van der Waals surface area contributed by atoms with Crippen molar-refractivity contribution in [1.29, 1.82) is 0 Å². The molecule has 0 amide bonds. The van der Waals surface area contributed by atoms with Gasteiger partial charge in [0.2, 0.25) is 0 Å². The molecule has 0 radical (unpaired) electrons. The molecule has 0 aliphatic heterocycles. The lowest BCUT2D eigenvalue weighted by atomic mass is 9.87. The monoisotopic (exact) mass is 240 g/mol. The maximum Gasteiger partial charge on any atom is 0.127 e. The number of carbonyl (C=O) groups is 1. The van der Waals surface area contributed by atoms with Gasteiger partial charge < -0.3 is 9.69 Å². The van der Waals surface area contributed by atoms with E-state index < -0.39 is 0 Å². The minimum Gasteiger partial charge on any atom is -0.308 e. The van der Waals surface area contributed by atoms with E-state index in [1.54, 1.807) is 0 Å². The molecule has 1 atom stereocenters. The highest BCUT2D eigenvalue weighted by Crippen LogP contribution is 2.37. The highest BCUT2D eigenvalue weighted by Gasteiger charge is 2.35. The lowest BCUT2D eigenvalue weighted by molar-refractivity contribution is -0.117. The van der Waals surface area contributed by atoms with Crippen molar-refractivity contribution in [2.24, 2.45) is 5.41 Å². The average molecular weight is 240 g/mol. The van der Waals surface area contributed by atoms with Gasteiger partial charge in [-0.25, -0.2) is 0 Å². The zero-order valence-electron chi connectivity index (χ0n) is 11.9. The molecule has 1 unspecified atom stereocenters. The van der Waals surface area contributed by atoms with Gasteiger partial charge in [0.25, 0.3) is 0 Å². The molecule has 1 aliphatic rings. The van der Waals surface area contributed by atoms with Gasteiger partial charge in [0.05, 0.1) is 0 Å². The van der Waals surface area contributed by atoms with E-state index in [2.05, 4.69) is 37.7 Å². The highest BCUT2D eigenvalue weighted by molar-refractivity contribution is 5.60. The van der Waals surface area contributed by atoms with Gasteiger partial charge in [0.1, 0.15) is 6.29 Å². The third kappa shape index (κ3) is 4.07. The minimum absolute atomic E-state index is 0.0451. The number of nitrogens with zero attached hydrogens (tertiary/aromatic N) is 2. The van der Waals surface area contributed by atoms with Crippen molar-refractivity contribution < 1.29 is 4.79 Å². The average Bonchev–Trinajstić information content (AvgIpc) is 2.74. The lowest BCUT2D eigenvalue weighted by Crippen LogP contribution is -2.45. The number of aldehydes is 1. The van der Waals surface area contributed by atoms with Crippen molar-refractivity contribution in [3.05, 3.63) is 0 Å². The van der Waals surface area contributed by atoms with E-state index in [-0.39, 0.29) is 5.41 Å². The molecule has 100 valence electrons. The number of hydrogen-bond acceptors (Lipinski definition) is 3. The Hall–Kier alpha value is -0.410. The Morgan fingerprint density at radius 3 is 2.29 bits per heavy atom. The number of carbonyl (C=O) groups excluding carboxylic acids is 1. The van der Waals surface area contributed by atoms with Gasteiger partial charge in [0.15, 0.2) is 0 Å². The zero-order chi connectivity index (χ0) is 12.9.